The number of thiazole rings is 1. The minimum absolute atomic E-state index is 0.101. The average molecular weight is 341 g/mol. The Bertz CT molecular complexity index is 848. The summed E-state index contributed by atoms with van der Waals surface area (Å²) < 4.78 is 26.3. The van der Waals surface area contributed by atoms with E-state index < -0.39 is 10.0 Å². The molecule has 118 valence electrons. The predicted molar refractivity (Wildman–Crippen MR) is 85.5 cm³/mol. The second-order valence-electron chi connectivity index (χ2n) is 4.38. The molecule has 6 N–H and O–H groups in total. The number of rotatable bonds is 4. The van der Waals surface area contributed by atoms with E-state index in [9.17, 15) is 8.42 Å². The third-order valence-corrected chi connectivity index (χ3v) is 5.92. The molecule has 0 fully saturated rings. The van der Waals surface area contributed by atoms with Crippen molar-refractivity contribution in [3.05, 3.63) is 29.7 Å². The molecule has 0 unspecified atom stereocenters. The lowest BCUT2D eigenvalue weighted by atomic mass is 10.2. The van der Waals surface area contributed by atoms with Gasteiger partial charge in [-0.15, -0.1) is 0 Å². The van der Waals surface area contributed by atoms with Crippen LogP contribution in [0.2, 0.25) is 0 Å². The molecule has 0 aliphatic carbocycles. The van der Waals surface area contributed by atoms with Gasteiger partial charge in [-0.1, -0.05) is 11.3 Å². The topological polar surface area (TPSA) is 152 Å². The van der Waals surface area contributed by atoms with E-state index in [0.717, 1.165) is 15.3 Å². The van der Waals surface area contributed by atoms with E-state index in [-0.39, 0.29) is 15.3 Å². The molecule has 2 aromatic rings. The monoisotopic (exact) mass is 341 g/mol. The van der Waals surface area contributed by atoms with Gasteiger partial charge in [0.15, 0.2) is 9.34 Å². The first-order valence-corrected chi connectivity index (χ1v) is 8.28. The largest absolute Gasteiger partial charge is 0.375 e. The summed E-state index contributed by atoms with van der Waals surface area (Å²) in [7, 11) is -3.74. The lowest BCUT2D eigenvalue weighted by molar-refractivity contribution is 0.589. The van der Waals surface area contributed by atoms with Gasteiger partial charge in [0.05, 0.1) is 11.4 Å². The Balaban J connectivity index is 2.37. The maximum atomic E-state index is 12.5. The normalized spacial score (nSPS) is 12.4. The van der Waals surface area contributed by atoms with E-state index in [0.29, 0.717) is 17.0 Å². The highest BCUT2D eigenvalue weighted by molar-refractivity contribution is 7.92. The molecule has 0 aliphatic rings. The van der Waals surface area contributed by atoms with E-state index >= 15 is 0 Å². The number of hydrazone groups is 1. The zero-order valence-electron chi connectivity index (χ0n) is 11.9. The number of aromatic nitrogens is 2. The molecule has 0 bridgehead atoms. The summed E-state index contributed by atoms with van der Waals surface area (Å²) in [6, 6.07) is 1.60. The number of aryl methyl sites for hydroxylation is 1. The van der Waals surface area contributed by atoms with Gasteiger partial charge in [0.2, 0.25) is 5.96 Å². The fourth-order valence-electron chi connectivity index (χ4n) is 1.69. The van der Waals surface area contributed by atoms with Gasteiger partial charge >= 0.3 is 0 Å². The van der Waals surface area contributed by atoms with Crippen LogP contribution in [0.3, 0.4) is 0 Å². The summed E-state index contributed by atoms with van der Waals surface area (Å²) in [6.07, 6.45) is 2.83. The molecular weight excluding hydrogens is 326 g/mol. The average Bonchev–Trinajstić information content (AvgIpc) is 3.03. The van der Waals surface area contributed by atoms with Crippen molar-refractivity contribution in [1.82, 2.24) is 14.4 Å². The van der Waals surface area contributed by atoms with Gasteiger partial charge in [0.25, 0.3) is 10.0 Å². The minimum Gasteiger partial charge on any atom is -0.375 e. The third-order valence-electron chi connectivity index (χ3n) is 2.71. The predicted octanol–water partition coefficient (Wildman–Crippen LogP) is 0.279. The zero-order chi connectivity index (χ0) is 16.5. The van der Waals surface area contributed by atoms with E-state index in [1.54, 1.807) is 19.9 Å². The van der Waals surface area contributed by atoms with E-state index in [1.807, 2.05) is 0 Å². The number of hydrogen-bond acceptors (Lipinski definition) is 7. The van der Waals surface area contributed by atoms with Crippen LogP contribution in [0.5, 0.6) is 0 Å². The fourth-order valence-corrected chi connectivity index (χ4v) is 4.27. The zero-order valence-corrected chi connectivity index (χ0v) is 13.5. The van der Waals surface area contributed by atoms with Gasteiger partial charge in [0, 0.05) is 18.0 Å². The first-order chi connectivity index (χ1) is 10.2. The summed E-state index contributed by atoms with van der Waals surface area (Å²) in [5.74, 6) is -0.304. The number of anilines is 1. The van der Waals surface area contributed by atoms with Crippen molar-refractivity contribution in [2.75, 3.05) is 5.73 Å². The van der Waals surface area contributed by atoms with Crippen LogP contribution < -0.4 is 16.9 Å². The van der Waals surface area contributed by atoms with Gasteiger partial charge < -0.3 is 11.5 Å². The standard InChI is InChI=1S/C11H15N7O2S2/c1-6(16-17-10(12)13)8-3-4-18(5-8)22(19,20)9-7(2)15-11(14)21-9/h3-5H,1-2H3,(H2,14,15)(H4,12,13,17)/b16-6+. The quantitative estimate of drug-likeness (QED) is 0.356. The number of guanidine groups is 1. The van der Waals surface area contributed by atoms with Gasteiger partial charge in [-0.3, -0.25) is 5.41 Å². The Hall–Kier alpha value is -2.40. The van der Waals surface area contributed by atoms with E-state index in [1.165, 1.54) is 12.4 Å². The van der Waals surface area contributed by atoms with Crippen LogP contribution in [-0.4, -0.2) is 29.0 Å². The second kappa shape index (κ2) is 5.77. The van der Waals surface area contributed by atoms with Crippen LogP contribution in [0.15, 0.2) is 27.8 Å². The van der Waals surface area contributed by atoms with Crippen LogP contribution in [0.4, 0.5) is 5.13 Å². The summed E-state index contributed by atoms with van der Waals surface area (Å²) in [5.41, 5.74) is 14.4. The molecule has 0 aromatic carbocycles. The number of nitrogens with zero attached hydrogens (tertiary/aromatic N) is 3. The van der Waals surface area contributed by atoms with Crippen molar-refractivity contribution >= 4 is 38.2 Å². The van der Waals surface area contributed by atoms with Gasteiger partial charge in [-0.05, 0) is 19.9 Å². The molecule has 11 heteroatoms. The number of nitrogen functional groups attached to an aromatic ring is 1. The molecule has 0 radical (unpaired) electrons. The summed E-state index contributed by atoms with van der Waals surface area (Å²) in [5, 5.41) is 11.1. The van der Waals surface area contributed by atoms with Gasteiger partial charge in [0.1, 0.15) is 0 Å². The van der Waals surface area contributed by atoms with E-state index in [4.69, 9.17) is 16.9 Å². The first-order valence-electron chi connectivity index (χ1n) is 6.03. The molecule has 22 heavy (non-hydrogen) atoms. The van der Waals surface area contributed by atoms with Crippen LogP contribution >= 0.6 is 11.3 Å². The Labute approximate surface area is 131 Å². The molecule has 2 aromatic heterocycles. The maximum Gasteiger partial charge on any atom is 0.279 e. The molecule has 0 saturated carbocycles. The van der Waals surface area contributed by atoms with Crippen LogP contribution in [0, 0.1) is 12.3 Å². The second-order valence-corrected chi connectivity index (χ2v) is 7.45. The van der Waals surface area contributed by atoms with Crippen molar-refractivity contribution in [2.24, 2.45) is 10.8 Å². The molecule has 0 saturated heterocycles. The summed E-state index contributed by atoms with van der Waals surface area (Å²) >= 11 is 0.919. The van der Waals surface area contributed by atoms with Crippen molar-refractivity contribution in [1.29, 1.82) is 5.41 Å². The van der Waals surface area contributed by atoms with Crippen LogP contribution in [0.1, 0.15) is 18.2 Å². The summed E-state index contributed by atoms with van der Waals surface area (Å²) in [4.78, 5) is 3.93. The molecular formula is C11H15N7O2S2. The third kappa shape index (κ3) is 3.09. The minimum atomic E-state index is -3.74. The maximum absolute atomic E-state index is 12.5. The van der Waals surface area contributed by atoms with Crippen LogP contribution in [-0.2, 0) is 10.0 Å². The Morgan fingerprint density at radius 3 is 2.77 bits per heavy atom. The van der Waals surface area contributed by atoms with E-state index in [2.05, 4.69) is 15.5 Å². The SMILES string of the molecule is C/C(=N\NC(=N)N)c1ccn(S(=O)(=O)c2sc(N)nc2C)c1. The number of hydrogen-bond donors (Lipinski definition) is 4. The van der Waals surface area contributed by atoms with Crippen molar-refractivity contribution in [2.45, 2.75) is 18.1 Å². The molecule has 9 nitrogen and oxygen atoms in total. The van der Waals surface area contributed by atoms with Gasteiger partial charge in [-0.2, -0.15) is 13.5 Å². The molecule has 0 spiro atoms. The van der Waals surface area contributed by atoms with Crippen LogP contribution in [0.25, 0.3) is 0 Å². The molecule has 0 aliphatic heterocycles. The summed E-state index contributed by atoms with van der Waals surface area (Å²) in [6.45, 7) is 3.26. The smallest absolute Gasteiger partial charge is 0.279 e. The number of nitrogens with two attached hydrogens (primary N) is 2. The van der Waals surface area contributed by atoms with Crippen molar-refractivity contribution < 1.29 is 8.42 Å². The molecule has 0 amide bonds. The Morgan fingerprint density at radius 1 is 1.55 bits per heavy atom. The Morgan fingerprint density at radius 2 is 2.23 bits per heavy atom. The molecule has 2 heterocycles. The highest BCUT2D eigenvalue weighted by Gasteiger charge is 2.23. The lowest BCUT2D eigenvalue weighted by Crippen LogP contribution is -2.26. The molecule has 0 atom stereocenters. The Kier molecular flexibility index (Phi) is 4.19. The number of nitrogens with one attached hydrogen (secondary N) is 2. The highest BCUT2D eigenvalue weighted by atomic mass is 32.2. The van der Waals surface area contributed by atoms with Crippen molar-refractivity contribution in [3.63, 3.8) is 0 Å². The van der Waals surface area contributed by atoms with Crippen molar-refractivity contribution in [3.8, 4) is 0 Å². The highest BCUT2D eigenvalue weighted by Crippen LogP contribution is 2.27. The fraction of sp³-hybridized carbons (Fsp3) is 0.182. The first kappa shape index (κ1) is 16.0. The van der Waals surface area contributed by atoms with Gasteiger partial charge in [-0.25, -0.2) is 14.4 Å². The lowest BCUT2D eigenvalue weighted by Gasteiger charge is -2.03. The molecule has 2 rings (SSSR count).